The fourth-order valence-electron chi connectivity index (χ4n) is 2.89. The summed E-state index contributed by atoms with van der Waals surface area (Å²) in [5.74, 6) is 0.636. The number of nitrogens with one attached hydrogen (secondary N) is 1. The van der Waals surface area contributed by atoms with Crippen molar-refractivity contribution in [3.05, 3.63) is 0 Å². The van der Waals surface area contributed by atoms with Crippen LogP contribution in [-0.2, 0) is 9.53 Å². The number of esters is 1. The van der Waals surface area contributed by atoms with E-state index in [1.807, 2.05) is 6.92 Å². The summed E-state index contributed by atoms with van der Waals surface area (Å²) < 4.78 is 5.21. The van der Waals surface area contributed by atoms with E-state index in [-0.39, 0.29) is 12.0 Å². The highest BCUT2D eigenvalue weighted by atomic mass is 16.5. The molecule has 19 heavy (non-hydrogen) atoms. The number of likely N-dealkylation sites (tertiary alicyclic amines) is 1. The molecule has 3 unspecified atom stereocenters. The van der Waals surface area contributed by atoms with E-state index < -0.39 is 0 Å². The quantitative estimate of drug-likeness (QED) is 0.746. The van der Waals surface area contributed by atoms with Gasteiger partial charge in [-0.15, -0.1) is 0 Å². The third-order valence-corrected chi connectivity index (χ3v) is 4.51. The third-order valence-electron chi connectivity index (χ3n) is 4.51. The zero-order chi connectivity index (χ0) is 13.8. The average Bonchev–Trinajstić information content (AvgIpc) is 3.18. The number of carbonyl (C=O) groups is 1. The molecule has 110 valence electrons. The molecular formula is C15H28N2O2. The molecule has 1 saturated carbocycles. The van der Waals surface area contributed by atoms with Gasteiger partial charge in [0.05, 0.1) is 6.61 Å². The minimum Gasteiger partial charge on any atom is -0.465 e. The largest absolute Gasteiger partial charge is 0.465 e. The van der Waals surface area contributed by atoms with E-state index in [9.17, 15) is 4.79 Å². The molecule has 0 aromatic rings. The van der Waals surface area contributed by atoms with Gasteiger partial charge in [0.25, 0.3) is 0 Å². The second-order valence-corrected chi connectivity index (χ2v) is 6.10. The first kappa shape index (κ1) is 14.8. The molecule has 3 atom stereocenters. The van der Waals surface area contributed by atoms with Crippen molar-refractivity contribution in [3.63, 3.8) is 0 Å². The van der Waals surface area contributed by atoms with Crippen LogP contribution in [0.15, 0.2) is 0 Å². The van der Waals surface area contributed by atoms with Gasteiger partial charge in [-0.1, -0.05) is 6.92 Å². The fourth-order valence-corrected chi connectivity index (χ4v) is 2.89. The Morgan fingerprint density at radius 3 is 2.74 bits per heavy atom. The third kappa shape index (κ3) is 4.18. The molecule has 0 bridgehead atoms. The Labute approximate surface area is 116 Å². The highest BCUT2D eigenvalue weighted by Gasteiger charge is 2.33. The summed E-state index contributed by atoms with van der Waals surface area (Å²) in [6.07, 6.45) is 4.94. The van der Waals surface area contributed by atoms with Crippen molar-refractivity contribution in [3.8, 4) is 0 Å². The first-order valence-electron chi connectivity index (χ1n) is 7.78. The van der Waals surface area contributed by atoms with Gasteiger partial charge in [-0.25, -0.2) is 0 Å². The molecule has 1 saturated heterocycles. The Balaban J connectivity index is 1.91. The second-order valence-electron chi connectivity index (χ2n) is 6.10. The summed E-state index contributed by atoms with van der Waals surface area (Å²) in [5, 5.41) is 3.44. The van der Waals surface area contributed by atoms with Crippen LogP contribution >= 0.6 is 0 Å². The van der Waals surface area contributed by atoms with Crippen molar-refractivity contribution in [1.29, 1.82) is 0 Å². The standard InChI is InChI=1S/C15H28N2O2/c1-4-19-15(18)14(16-13-7-8-13)10-17-9-5-6-11(2)12(17)3/h11-14,16H,4-10H2,1-3H3. The summed E-state index contributed by atoms with van der Waals surface area (Å²) in [6.45, 7) is 8.83. The van der Waals surface area contributed by atoms with Crippen LogP contribution in [0, 0.1) is 5.92 Å². The lowest BCUT2D eigenvalue weighted by Crippen LogP contribution is -2.52. The highest BCUT2D eigenvalue weighted by Crippen LogP contribution is 2.24. The molecule has 1 heterocycles. The summed E-state index contributed by atoms with van der Waals surface area (Å²) in [4.78, 5) is 14.5. The minimum absolute atomic E-state index is 0.0835. The number of ether oxygens (including phenoxy) is 1. The maximum absolute atomic E-state index is 12.1. The van der Waals surface area contributed by atoms with E-state index in [1.165, 1.54) is 25.7 Å². The maximum atomic E-state index is 12.1. The van der Waals surface area contributed by atoms with E-state index in [1.54, 1.807) is 0 Å². The smallest absolute Gasteiger partial charge is 0.324 e. The van der Waals surface area contributed by atoms with Crippen LogP contribution < -0.4 is 5.32 Å². The van der Waals surface area contributed by atoms with Gasteiger partial charge in [-0.2, -0.15) is 0 Å². The molecule has 0 spiro atoms. The lowest BCUT2D eigenvalue weighted by Gasteiger charge is -2.39. The van der Waals surface area contributed by atoms with Crippen molar-refractivity contribution < 1.29 is 9.53 Å². The Bertz CT molecular complexity index is 305. The molecular weight excluding hydrogens is 240 g/mol. The van der Waals surface area contributed by atoms with Gasteiger partial charge in [0, 0.05) is 18.6 Å². The van der Waals surface area contributed by atoms with Gasteiger partial charge >= 0.3 is 5.97 Å². The van der Waals surface area contributed by atoms with Gasteiger partial charge in [0.2, 0.25) is 0 Å². The van der Waals surface area contributed by atoms with Crippen LogP contribution in [0.5, 0.6) is 0 Å². The van der Waals surface area contributed by atoms with Crippen LogP contribution in [-0.4, -0.2) is 48.7 Å². The molecule has 4 nitrogen and oxygen atoms in total. The number of rotatable bonds is 6. The van der Waals surface area contributed by atoms with Crippen LogP contribution in [0.1, 0.15) is 46.5 Å². The van der Waals surface area contributed by atoms with Crippen molar-refractivity contribution >= 4 is 5.97 Å². The molecule has 0 radical (unpaired) electrons. The van der Waals surface area contributed by atoms with Gasteiger partial charge in [-0.05, 0) is 52.0 Å². The summed E-state index contributed by atoms with van der Waals surface area (Å²) >= 11 is 0. The Morgan fingerprint density at radius 1 is 1.37 bits per heavy atom. The zero-order valence-electron chi connectivity index (χ0n) is 12.5. The Hall–Kier alpha value is -0.610. The Morgan fingerprint density at radius 2 is 2.11 bits per heavy atom. The number of hydrogen-bond donors (Lipinski definition) is 1. The lowest BCUT2D eigenvalue weighted by molar-refractivity contribution is -0.146. The lowest BCUT2D eigenvalue weighted by atomic mass is 9.92. The SMILES string of the molecule is CCOC(=O)C(CN1CCCC(C)C1C)NC1CC1. The molecule has 1 N–H and O–H groups in total. The molecule has 2 fully saturated rings. The van der Waals surface area contributed by atoms with Crippen molar-refractivity contribution in [2.75, 3.05) is 19.7 Å². The average molecular weight is 268 g/mol. The minimum atomic E-state index is -0.153. The highest BCUT2D eigenvalue weighted by molar-refractivity contribution is 5.76. The van der Waals surface area contributed by atoms with E-state index in [0.717, 1.165) is 19.0 Å². The Kier molecular flexibility index (Phi) is 5.22. The maximum Gasteiger partial charge on any atom is 0.324 e. The second kappa shape index (κ2) is 6.71. The summed E-state index contributed by atoms with van der Waals surface area (Å²) in [7, 11) is 0. The van der Waals surface area contributed by atoms with E-state index in [2.05, 4.69) is 24.1 Å². The summed E-state index contributed by atoms with van der Waals surface area (Å²) in [6, 6.07) is 0.943. The van der Waals surface area contributed by atoms with Gasteiger partial charge < -0.3 is 10.1 Å². The molecule has 0 amide bonds. The van der Waals surface area contributed by atoms with Gasteiger partial charge in [-0.3, -0.25) is 9.69 Å². The van der Waals surface area contributed by atoms with Gasteiger partial charge in [0.15, 0.2) is 0 Å². The normalized spacial score (nSPS) is 30.1. The van der Waals surface area contributed by atoms with Crippen LogP contribution in [0.25, 0.3) is 0 Å². The van der Waals surface area contributed by atoms with Gasteiger partial charge in [0.1, 0.15) is 6.04 Å². The molecule has 2 rings (SSSR count). The number of nitrogens with zero attached hydrogens (tertiary/aromatic N) is 1. The van der Waals surface area contributed by atoms with E-state index >= 15 is 0 Å². The molecule has 2 aliphatic rings. The molecule has 1 aliphatic carbocycles. The fraction of sp³-hybridized carbons (Fsp3) is 0.933. The zero-order valence-corrected chi connectivity index (χ0v) is 12.5. The van der Waals surface area contributed by atoms with Crippen LogP contribution in [0.2, 0.25) is 0 Å². The number of piperidine rings is 1. The van der Waals surface area contributed by atoms with Crippen molar-refractivity contribution in [2.24, 2.45) is 5.92 Å². The summed E-state index contributed by atoms with van der Waals surface area (Å²) in [5.41, 5.74) is 0. The van der Waals surface area contributed by atoms with E-state index in [0.29, 0.717) is 18.7 Å². The van der Waals surface area contributed by atoms with Crippen molar-refractivity contribution in [1.82, 2.24) is 10.2 Å². The van der Waals surface area contributed by atoms with Crippen LogP contribution in [0.3, 0.4) is 0 Å². The monoisotopic (exact) mass is 268 g/mol. The molecule has 0 aromatic carbocycles. The first-order valence-corrected chi connectivity index (χ1v) is 7.78. The predicted molar refractivity (Wildman–Crippen MR) is 76.0 cm³/mol. The predicted octanol–water partition coefficient (Wildman–Crippen LogP) is 1.79. The number of hydrogen-bond acceptors (Lipinski definition) is 4. The first-order chi connectivity index (χ1) is 9.11. The van der Waals surface area contributed by atoms with E-state index in [4.69, 9.17) is 4.74 Å². The number of carbonyl (C=O) groups excluding carboxylic acids is 1. The molecule has 4 heteroatoms. The van der Waals surface area contributed by atoms with Crippen LogP contribution in [0.4, 0.5) is 0 Å². The topological polar surface area (TPSA) is 41.6 Å². The molecule has 0 aromatic heterocycles. The molecule has 1 aliphatic heterocycles. The van der Waals surface area contributed by atoms with Crippen molar-refractivity contribution in [2.45, 2.75) is 64.6 Å².